The van der Waals surface area contributed by atoms with Gasteiger partial charge in [-0.25, -0.2) is 4.79 Å². The largest absolute Gasteiger partial charge is 0.497 e. The first kappa shape index (κ1) is 27.9. The number of aryl methyl sites for hydroxylation is 1. The molecule has 3 amide bonds. The van der Waals surface area contributed by atoms with Gasteiger partial charge >= 0.3 is 6.03 Å². The number of benzene rings is 3. The molecule has 0 radical (unpaired) electrons. The first-order valence-electron chi connectivity index (χ1n) is 14.8. The van der Waals surface area contributed by atoms with Crippen LogP contribution in [0, 0.1) is 11.8 Å². The lowest BCUT2D eigenvalue weighted by molar-refractivity contribution is -0.379. The molecular formula is C33H38N5O4+. The van der Waals surface area contributed by atoms with Gasteiger partial charge in [0.2, 0.25) is 5.91 Å². The van der Waals surface area contributed by atoms with Gasteiger partial charge in [-0.1, -0.05) is 24.3 Å². The molecule has 0 atom stereocenters. The van der Waals surface area contributed by atoms with Crippen molar-refractivity contribution in [1.29, 1.82) is 0 Å². The topological polar surface area (TPSA) is 87.4 Å². The van der Waals surface area contributed by atoms with Crippen LogP contribution in [0.3, 0.4) is 0 Å². The van der Waals surface area contributed by atoms with E-state index in [-0.39, 0.29) is 18.5 Å². The second-order valence-electron chi connectivity index (χ2n) is 11.6. The van der Waals surface area contributed by atoms with Crippen LogP contribution in [0.1, 0.15) is 41.9 Å². The van der Waals surface area contributed by atoms with E-state index >= 15 is 0 Å². The summed E-state index contributed by atoms with van der Waals surface area (Å²) in [6.07, 6.45) is 2.55. The SMILES string of the molecule is COc1ccc(CN2C(=O)CCN(c3ccc(N4CCC(N5CC(c6ccc([NH+]=O)cc6)C5)CC4)cc3C)C2=O)cc1. The monoisotopic (exact) mass is 568 g/mol. The Morgan fingerprint density at radius 2 is 1.62 bits per heavy atom. The molecule has 3 aliphatic rings. The van der Waals surface area contributed by atoms with E-state index in [1.807, 2.05) is 54.6 Å². The number of nitroso groups, excluding NO2 is 1. The number of likely N-dealkylation sites (tertiary alicyclic amines) is 1. The lowest BCUT2D eigenvalue weighted by atomic mass is 9.88. The van der Waals surface area contributed by atoms with Gasteiger partial charge in [0.25, 0.3) is 5.69 Å². The van der Waals surface area contributed by atoms with E-state index in [4.69, 9.17) is 4.74 Å². The van der Waals surface area contributed by atoms with Crippen molar-refractivity contribution in [2.75, 3.05) is 49.6 Å². The summed E-state index contributed by atoms with van der Waals surface area (Å²) < 4.78 is 5.22. The predicted molar refractivity (Wildman–Crippen MR) is 162 cm³/mol. The Morgan fingerprint density at radius 3 is 2.26 bits per heavy atom. The van der Waals surface area contributed by atoms with Crippen molar-refractivity contribution in [1.82, 2.24) is 9.80 Å². The molecular weight excluding hydrogens is 530 g/mol. The molecule has 3 saturated heterocycles. The van der Waals surface area contributed by atoms with Crippen LogP contribution < -0.4 is 19.7 Å². The summed E-state index contributed by atoms with van der Waals surface area (Å²) in [4.78, 5) is 45.1. The lowest BCUT2D eigenvalue weighted by Gasteiger charge is -2.47. The number of methoxy groups -OCH3 is 1. The zero-order chi connectivity index (χ0) is 29.2. The number of carbonyl (C=O) groups excluding carboxylic acids is 2. The molecule has 1 N–H and O–H groups in total. The molecule has 9 nitrogen and oxygen atoms in total. The zero-order valence-electron chi connectivity index (χ0n) is 24.3. The van der Waals surface area contributed by atoms with Crippen LogP contribution >= 0.6 is 0 Å². The first-order chi connectivity index (χ1) is 20.4. The number of nitrogens with one attached hydrogen (secondary N) is 1. The second-order valence-corrected chi connectivity index (χ2v) is 11.6. The normalized spacial score (nSPS) is 18.8. The van der Waals surface area contributed by atoms with Crippen LogP contribution in [0.15, 0.2) is 66.7 Å². The van der Waals surface area contributed by atoms with Gasteiger partial charge in [0.1, 0.15) is 5.75 Å². The number of carbonyl (C=O) groups is 2. The fourth-order valence-corrected chi connectivity index (χ4v) is 6.46. The highest BCUT2D eigenvalue weighted by Gasteiger charge is 2.36. The van der Waals surface area contributed by atoms with E-state index in [1.54, 1.807) is 12.0 Å². The predicted octanol–water partition coefficient (Wildman–Crippen LogP) is 3.91. The number of hydrogen-bond acceptors (Lipinski definition) is 6. The summed E-state index contributed by atoms with van der Waals surface area (Å²) in [5, 5.41) is 1.95. The Kier molecular flexibility index (Phi) is 7.93. The van der Waals surface area contributed by atoms with E-state index in [0.29, 0.717) is 30.6 Å². The minimum atomic E-state index is -0.274. The number of amides is 3. The highest BCUT2D eigenvalue weighted by Crippen LogP contribution is 2.34. The molecule has 0 aromatic heterocycles. The summed E-state index contributed by atoms with van der Waals surface area (Å²) in [5.41, 5.74) is 5.87. The molecule has 0 aliphatic carbocycles. The van der Waals surface area contributed by atoms with E-state index in [2.05, 4.69) is 34.1 Å². The van der Waals surface area contributed by atoms with Crippen LogP contribution in [0.5, 0.6) is 5.75 Å². The minimum absolute atomic E-state index is 0.146. The van der Waals surface area contributed by atoms with Gasteiger partial charge < -0.3 is 9.64 Å². The number of imide groups is 1. The average Bonchev–Trinajstić information content (AvgIpc) is 3.00. The molecule has 3 fully saturated rings. The zero-order valence-corrected chi connectivity index (χ0v) is 24.3. The summed E-state index contributed by atoms with van der Waals surface area (Å²) in [6.45, 7) is 6.83. The molecule has 3 heterocycles. The average molecular weight is 569 g/mol. The Hall–Kier alpha value is -4.24. The van der Waals surface area contributed by atoms with Crippen LogP contribution in [-0.4, -0.2) is 67.6 Å². The number of anilines is 2. The summed E-state index contributed by atoms with van der Waals surface area (Å²) in [5.74, 6) is 1.13. The van der Waals surface area contributed by atoms with Gasteiger partial charge in [0, 0.05) is 84.7 Å². The number of nitrogens with zero attached hydrogens (tertiary/aromatic N) is 4. The molecule has 3 aromatic rings. The van der Waals surface area contributed by atoms with E-state index in [0.717, 1.165) is 61.6 Å². The van der Waals surface area contributed by atoms with Crippen LogP contribution in [0.4, 0.5) is 21.9 Å². The van der Waals surface area contributed by atoms with Crippen LogP contribution in [0.2, 0.25) is 0 Å². The quantitative estimate of drug-likeness (QED) is 0.444. The summed E-state index contributed by atoms with van der Waals surface area (Å²) in [7, 11) is 1.61. The molecule has 9 heteroatoms. The van der Waals surface area contributed by atoms with Crippen molar-refractivity contribution in [3.63, 3.8) is 0 Å². The third kappa shape index (κ3) is 5.61. The van der Waals surface area contributed by atoms with E-state index < -0.39 is 0 Å². The van der Waals surface area contributed by atoms with Crippen molar-refractivity contribution >= 4 is 29.0 Å². The van der Waals surface area contributed by atoms with E-state index in [9.17, 15) is 14.5 Å². The second kappa shape index (κ2) is 11.9. The number of hydrogen-bond donors (Lipinski definition) is 1. The number of piperidine rings is 1. The molecule has 0 unspecified atom stereocenters. The van der Waals surface area contributed by atoms with Crippen molar-refractivity contribution in [3.05, 3.63) is 88.3 Å². The van der Waals surface area contributed by atoms with Gasteiger partial charge in [-0.05, 0) is 66.8 Å². The van der Waals surface area contributed by atoms with Gasteiger partial charge in [0.15, 0.2) is 0 Å². The molecule has 6 rings (SSSR count). The van der Waals surface area contributed by atoms with Crippen molar-refractivity contribution in [3.8, 4) is 5.75 Å². The molecule has 3 aromatic carbocycles. The van der Waals surface area contributed by atoms with E-state index in [1.165, 1.54) is 16.2 Å². The van der Waals surface area contributed by atoms with Crippen molar-refractivity contribution in [2.45, 2.75) is 44.7 Å². The highest BCUT2D eigenvalue weighted by molar-refractivity contribution is 6.06. The maximum Gasteiger partial charge on any atom is 0.331 e. The highest BCUT2D eigenvalue weighted by atomic mass is 16.5. The van der Waals surface area contributed by atoms with Crippen molar-refractivity contribution in [2.24, 2.45) is 0 Å². The maximum absolute atomic E-state index is 13.5. The van der Waals surface area contributed by atoms with Gasteiger partial charge in [0.05, 0.1) is 13.7 Å². The van der Waals surface area contributed by atoms with Gasteiger partial charge in [-0.3, -0.25) is 19.5 Å². The standard InChI is InChI=1S/C33H37N5O4/c1-23-19-29(35-16-13-28(14-17-35)36-21-26(22-36)25-5-7-27(34-41)8-6-25)9-12-31(23)37-18-15-32(39)38(33(37)40)20-24-3-10-30(42-2)11-4-24/h3-12,19,26,28H,13-18,20-22H2,1-2H3/p+1. The molecule has 42 heavy (non-hydrogen) atoms. The Bertz CT molecular complexity index is 1440. The smallest absolute Gasteiger partial charge is 0.331 e. The van der Waals surface area contributed by atoms with Gasteiger partial charge in [-0.15, -0.1) is 0 Å². The minimum Gasteiger partial charge on any atom is -0.497 e. The van der Waals surface area contributed by atoms with Crippen LogP contribution in [0.25, 0.3) is 0 Å². The summed E-state index contributed by atoms with van der Waals surface area (Å²) >= 11 is 0. The molecule has 0 bridgehead atoms. The van der Waals surface area contributed by atoms with Gasteiger partial charge in [-0.2, -0.15) is 0 Å². The fraction of sp³-hybridized carbons (Fsp3) is 0.394. The van der Waals surface area contributed by atoms with Crippen LogP contribution in [-0.2, 0) is 11.3 Å². The number of urea groups is 1. The third-order valence-corrected chi connectivity index (χ3v) is 9.04. The molecule has 0 spiro atoms. The number of rotatable bonds is 8. The number of ether oxygens (including phenoxy) is 1. The Morgan fingerprint density at radius 1 is 0.905 bits per heavy atom. The lowest BCUT2D eigenvalue weighted by Crippen LogP contribution is -2.55. The maximum atomic E-state index is 13.5. The Labute approximate surface area is 246 Å². The van der Waals surface area contributed by atoms with Crippen molar-refractivity contribution < 1.29 is 19.5 Å². The Balaban J connectivity index is 1.04. The molecule has 3 aliphatic heterocycles. The molecule has 218 valence electrons. The third-order valence-electron chi connectivity index (χ3n) is 9.04. The summed E-state index contributed by atoms with van der Waals surface area (Å²) in [6, 6.07) is 21.9. The fourth-order valence-electron chi connectivity index (χ4n) is 6.46. The molecule has 0 saturated carbocycles. The first-order valence-corrected chi connectivity index (χ1v) is 14.8.